The number of aliphatic carboxylic acids is 1. The lowest BCUT2D eigenvalue weighted by Gasteiger charge is -2.32. The Bertz CT molecular complexity index is 1060. The Labute approximate surface area is 149 Å². The van der Waals surface area contributed by atoms with E-state index < -0.39 is 11.4 Å². The minimum absolute atomic E-state index is 0.110. The van der Waals surface area contributed by atoms with E-state index in [0.29, 0.717) is 29.9 Å². The molecule has 2 heterocycles. The zero-order valence-corrected chi connectivity index (χ0v) is 14.3. The largest absolute Gasteiger partial charge is 0.481 e. The molecule has 7 nitrogen and oxygen atoms in total. The van der Waals surface area contributed by atoms with Crippen LogP contribution in [-0.4, -0.2) is 31.5 Å². The van der Waals surface area contributed by atoms with Gasteiger partial charge in [0.2, 0.25) is 0 Å². The fraction of sp³-hybridized carbons (Fsp3) is 0.263. The molecule has 0 saturated heterocycles. The van der Waals surface area contributed by atoms with Gasteiger partial charge in [0, 0.05) is 28.8 Å². The van der Waals surface area contributed by atoms with Crippen molar-refractivity contribution in [1.29, 1.82) is 0 Å². The number of carbonyl (C=O) groups excluding carboxylic acids is 1. The molecule has 0 fully saturated rings. The molecule has 0 radical (unpaired) electrons. The first kappa shape index (κ1) is 16.3. The highest BCUT2D eigenvalue weighted by molar-refractivity contribution is 6.04. The van der Waals surface area contributed by atoms with Crippen LogP contribution in [0.5, 0.6) is 0 Å². The molecule has 3 aromatic rings. The smallest absolute Gasteiger partial charge is 0.304 e. The number of carboxylic acids is 1. The standard InChI is InChI=1S/C19H18N4O3/c1-19(9-16(24)25)6-4-12-8-11(2-3-13(12)17(19)26)14-10-21-15-5-7-22-23(15)18(14)20/h2-3,5,7-8,10H,4,6,9,20H2,1H3,(H,24,25). The molecule has 26 heavy (non-hydrogen) atoms. The maximum absolute atomic E-state index is 12.8. The molecule has 1 aliphatic carbocycles. The minimum Gasteiger partial charge on any atom is -0.481 e. The lowest BCUT2D eigenvalue weighted by Crippen LogP contribution is -2.35. The van der Waals surface area contributed by atoms with Crippen LogP contribution in [0.2, 0.25) is 0 Å². The monoisotopic (exact) mass is 350 g/mol. The van der Waals surface area contributed by atoms with Crippen molar-refractivity contribution >= 4 is 23.2 Å². The van der Waals surface area contributed by atoms with E-state index in [-0.39, 0.29) is 12.2 Å². The molecule has 0 amide bonds. The Morgan fingerprint density at radius 3 is 2.92 bits per heavy atom. The van der Waals surface area contributed by atoms with E-state index in [4.69, 9.17) is 10.8 Å². The highest BCUT2D eigenvalue weighted by atomic mass is 16.4. The van der Waals surface area contributed by atoms with Crippen molar-refractivity contribution in [3.8, 4) is 11.1 Å². The fourth-order valence-electron chi connectivity index (χ4n) is 3.65. The van der Waals surface area contributed by atoms with Crippen LogP contribution in [0.1, 0.15) is 35.7 Å². The van der Waals surface area contributed by atoms with Crippen molar-refractivity contribution in [2.75, 3.05) is 5.73 Å². The summed E-state index contributed by atoms with van der Waals surface area (Å²) in [5.41, 5.74) is 9.16. The third kappa shape index (κ3) is 2.44. The summed E-state index contributed by atoms with van der Waals surface area (Å²) >= 11 is 0. The van der Waals surface area contributed by atoms with Crippen molar-refractivity contribution in [1.82, 2.24) is 14.6 Å². The van der Waals surface area contributed by atoms with Gasteiger partial charge in [-0.15, -0.1) is 0 Å². The van der Waals surface area contributed by atoms with E-state index in [1.165, 1.54) is 0 Å². The molecule has 1 atom stereocenters. The summed E-state index contributed by atoms with van der Waals surface area (Å²) in [6.45, 7) is 1.73. The molecule has 3 N–H and O–H groups in total. The van der Waals surface area contributed by atoms with Gasteiger partial charge in [-0.2, -0.15) is 9.61 Å². The number of hydrogen-bond donors (Lipinski definition) is 2. The fourth-order valence-corrected chi connectivity index (χ4v) is 3.65. The first-order valence-electron chi connectivity index (χ1n) is 8.37. The van der Waals surface area contributed by atoms with Crippen LogP contribution in [0.25, 0.3) is 16.8 Å². The average Bonchev–Trinajstić information content (AvgIpc) is 3.08. The van der Waals surface area contributed by atoms with E-state index in [9.17, 15) is 9.59 Å². The lowest BCUT2D eigenvalue weighted by atomic mass is 9.69. The zero-order chi connectivity index (χ0) is 18.5. The summed E-state index contributed by atoms with van der Waals surface area (Å²) < 4.78 is 1.57. The number of carbonyl (C=O) groups is 2. The van der Waals surface area contributed by atoms with Gasteiger partial charge in [0.1, 0.15) is 5.82 Å². The molecular formula is C19H18N4O3. The molecule has 4 rings (SSSR count). The van der Waals surface area contributed by atoms with Crippen molar-refractivity contribution in [3.05, 3.63) is 47.8 Å². The molecule has 0 bridgehead atoms. The second-order valence-electron chi connectivity index (χ2n) is 6.99. The number of ketones is 1. The molecular weight excluding hydrogens is 332 g/mol. The highest BCUT2D eigenvalue weighted by Gasteiger charge is 2.40. The second-order valence-corrected chi connectivity index (χ2v) is 6.99. The lowest BCUT2D eigenvalue weighted by molar-refractivity contribution is -0.139. The van der Waals surface area contributed by atoms with Gasteiger partial charge >= 0.3 is 5.97 Å². The van der Waals surface area contributed by atoms with Crippen LogP contribution in [0.4, 0.5) is 5.82 Å². The zero-order valence-electron chi connectivity index (χ0n) is 14.3. The topological polar surface area (TPSA) is 111 Å². The van der Waals surface area contributed by atoms with E-state index >= 15 is 0 Å². The number of nitrogens with zero attached hydrogens (tertiary/aromatic N) is 3. The number of hydrogen-bond acceptors (Lipinski definition) is 5. The molecule has 132 valence electrons. The first-order chi connectivity index (χ1) is 12.4. The number of Topliss-reactive ketones (excluding diaryl/α,β-unsaturated/α-hetero) is 1. The minimum atomic E-state index is -0.952. The Kier molecular flexibility index (Phi) is 3.54. The van der Waals surface area contributed by atoms with Gasteiger partial charge in [-0.25, -0.2) is 4.98 Å². The van der Waals surface area contributed by atoms with Crippen molar-refractivity contribution < 1.29 is 14.7 Å². The van der Waals surface area contributed by atoms with Crippen LogP contribution >= 0.6 is 0 Å². The molecule has 0 saturated carbocycles. The van der Waals surface area contributed by atoms with Crippen LogP contribution in [-0.2, 0) is 11.2 Å². The molecule has 7 heteroatoms. The highest BCUT2D eigenvalue weighted by Crippen LogP contribution is 2.39. The quantitative estimate of drug-likeness (QED) is 0.751. The van der Waals surface area contributed by atoms with Crippen LogP contribution in [0.3, 0.4) is 0 Å². The Hall–Kier alpha value is -3.22. The number of aromatic nitrogens is 3. The van der Waals surface area contributed by atoms with Crippen LogP contribution < -0.4 is 5.73 Å². The molecule has 2 aromatic heterocycles. The molecule has 0 aliphatic heterocycles. The molecule has 1 unspecified atom stereocenters. The second kappa shape index (κ2) is 5.66. The summed E-state index contributed by atoms with van der Waals surface area (Å²) in [6, 6.07) is 7.30. The summed E-state index contributed by atoms with van der Waals surface area (Å²) in [7, 11) is 0. The van der Waals surface area contributed by atoms with Crippen LogP contribution in [0.15, 0.2) is 36.7 Å². The molecule has 1 aromatic carbocycles. The number of carboxylic acid groups (broad SMARTS) is 1. The van der Waals surface area contributed by atoms with E-state index in [1.807, 2.05) is 12.1 Å². The van der Waals surface area contributed by atoms with Gasteiger partial charge in [-0.1, -0.05) is 25.1 Å². The van der Waals surface area contributed by atoms with Crippen molar-refractivity contribution in [2.45, 2.75) is 26.2 Å². The summed E-state index contributed by atoms with van der Waals surface area (Å²) in [4.78, 5) is 28.3. The predicted molar refractivity (Wildman–Crippen MR) is 95.8 cm³/mol. The third-order valence-electron chi connectivity index (χ3n) is 5.15. The van der Waals surface area contributed by atoms with Gasteiger partial charge in [0.05, 0.1) is 12.6 Å². The van der Waals surface area contributed by atoms with Gasteiger partial charge in [0.15, 0.2) is 11.4 Å². The summed E-state index contributed by atoms with van der Waals surface area (Å²) in [5, 5.41) is 13.3. The normalized spacial score (nSPS) is 19.5. The number of benzene rings is 1. The number of aryl methyl sites for hydroxylation is 1. The third-order valence-corrected chi connectivity index (χ3v) is 5.15. The van der Waals surface area contributed by atoms with E-state index in [1.54, 1.807) is 36.0 Å². The maximum atomic E-state index is 12.8. The Balaban J connectivity index is 1.76. The first-order valence-corrected chi connectivity index (χ1v) is 8.37. The molecule has 1 aliphatic rings. The van der Waals surface area contributed by atoms with Gasteiger partial charge in [-0.05, 0) is 24.0 Å². The number of anilines is 1. The number of nitrogen functional groups attached to an aromatic ring is 1. The van der Waals surface area contributed by atoms with Crippen molar-refractivity contribution in [3.63, 3.8) is 0 Å². The number of nitrogens with two attached hydrogens (primary N) is 1. The van der Waals surface area contributed by atoms with Crippen LogP contribution in [0, 0.1) is 5.41 Å². The van der Waals surface area contributed by atoms with Crippen molar-refractivity contribution in [2.24, 2.45) is 5.41 Å². The SMILES string of the molecule is CC1(CC(=O)O)CCc2cc(-c3cnc4ccnn4c3N)ccc2C1=O. The Morgan fingerprint density at radius 1 is 1.35 bits per heavy atom. The van der Waals surface area contributed by atoms with E-state index in [0.717, 1.165) is 16.7 Å². The number of fused-ring (bicyclic) bond motifs is 2. The van der Waals surface area contributed by atoms with Gasteiger partial charge in [0.25, 0.3) is 0 Å². The number of rotatable bonds is 3. The summed E-state index contributed by atoms with van der Waals surface area (Å²) in [6.07, 6.45) is 4.35. The van der Waals surface area contributed by atoms with Gasteiger partial charge in [-0.3, -0.25) is 9.59 Å². The Morgan fingerprint density at radius 2 is 2.15 bits per heavy atom. The predicted octanol–water partition coefficient (Wildman–Crippen LogP) is 2.59. The maximum Gasteiger partial charge on any atom is 0.304 e. The van der Waals surface area contributed by atoms with Gasteiger partial charge < -0.3 is 10.8 Å². The summed E-state index contributed by atoms with van der Waals surface area (Å²) in [5.74, 6) is -0.577. The van der Waals surface area contributed by atoms with E-state index in [2.05, 4.69) is 10.1 Å². The average molecular weight is 350 g/mol. The molecule has 0 spiro atoms.